The van der Waals surface area contributed by atoms with E-state index < -0.39 is 30.2 Å². The minimum Gasteiger partial charge on any atom is -0.450 e. The summed E-state index contributed by atoms with van der Waals surface area (Å²) in [4.78, 5) is 23.4. The predicted octanol–water partition coefficient (Wildman–Crippen LogP) is 3.27. The van der Waals surface area contributed by atoms with Gasteiger partial charge in [-0.25, -0.2) is 4.79 Å². The minimum atomic E-state index is -4.49. The van der Waals surface area contributed by atoms with Gasteiger partial charge >= 0.3 is 12.1 Å². The van der Waals surface area contributed by atoms with Crippen molar-refractivity contribution in [1.82, 2.24) is 5.32 Å². The first-order chi connectivity index (χ1) is 12.8. The van der Waals surface area contributed by atoms with Crippen LogP contribution in [0, 0.1) is 0 Å². The van der Waals surface area contributed by atoms with E-state index in [0.717, 1.165) is 12.1 Å². The Morgan fingerprint density at radius 1 is 1.19 bits per heavy atom. The number of carbonyl (C=O) groups excluding carboxylic acids is 2. The Labute approximate surface area is 153 Å². The van der Waals surface area contributed by atoms with Gasteiger partial charge in [0.05, 0.1) is 5.56 Å². The molecule has 0 fully saturated rings. The third-order valence-electron chi connectivity index (χ3n) is 3.46. The van der Waals surface area contributed by atoms with Crippen LogP contribution in [-0.2, 0) is 20.4 Å². The topological polar surface area (TPSA) is 77.8 Å². The van der Waals surface area contributed by atoms with Gasteiger partial charge in [0.15, 0.2) is 6.61 Å². The maximum atomic E-state index is 12.8. The smallest absolute Gasteiger partial charge is 0.416 e. The van der Waals surface area contributed by atoms with Crippen molar-refractivity contribution in [2.75, 3.05) is 26.9 Å². The van der Waals surface area contributed by atoms with E-state index in [1.165, 1.54) is 24.3 Å². The minimum absolute atomic E-state index is 0.0806. The number of hydrogen-bond acceptors (Lipinski definition) is 5. The van der Waals surface area contributed by atoms with Crippen molar-refractivity contribution in [1.29, 1.82) is 0 Å². The van der Waals surface area contributed by atoms with Crippen molar-refractivity contribution in [2.24, 2.45) is 0 Å². The van der Waals surface area contributed by atoms with Crippen LogP contribution in [0.2, 0.25) is 0 Å². The summed E-state index contributed by atoms with van der Waals surface area (Å²) in [5.74, 6) is -1.50. The molecule has 6 nitrogen and oxygen atoms in total. The fourth-order valence-corrected chi connectivity index (χ4v) is 2.15. The fourth-order valence-electron chi connectivity index (χ4n) is 2.15. The third kappa shape index (κ3) is 6.14. The van der Waals surface area contributed by atoms with E-state index in [2.05, 4.69) is 5.32 Å². The molecule has 27 heavy (non-hydrogen) atoms. The van der Waals surface area contributed by atoms with Gasteiger partial charge in [0.1, 0.15) is 5.76 Å². The molecule has 1 N–H and O–H groups in total. The molecule has 1 heterocycles. The van der Waals surface area contributed by atoms with Gasteiger partial charge in [0, 0.05) is 25.8 Å². The average Bonchev–Trinajstić information content (AvgIpc) is 3.13. The molecule has 0 bridgehead atoms. The van der Waals surface area contributed by atoms with Gasteiger partial charge in [-0.15, -0.1) is 0 Å². The lowest BCUT2D eigenvalue weighted by Gasteiger charge is -2.07. The first-order valence-electron chi connectivity index (χ1n) is 8.01. The van der Waals surface area contributed by atoms with Crippen molar-refractivity contribution >= 4 is 11.9 Å². The molecule has 0 saturated carbocycles. The molecule has 9 heteroatoms. The molecule has 0 unspecified atom stereocenters. The van der Waals surface area contributed by atoms with Crippen LogP contribution < -0.4 is 5.32 Å². The SMILES string of the molecule is COCCCNC(=O)COC(=O)c1ccc(-c2cccc(C(F)(F)F)c2)o1. The first kappa shape index (κ1) is 20.5. The Kier molecular flexibility index (Phi) is 7.00. The van der Waals surface area contributed by atoms with Crippen LogP contribution >= 0.6 is 0 Å². The molecule has 0 aliphatic heterocycles. The molecule has 1 aromatic carbocycles. The van der Waals surface area contributed by atoms with Gasteiger partial charge in [0.2, 0.25) is 5.76 Å². The Morgan fingerprint density at radius 2 is 1.96 bits per heavy atom. The number of nitrogens with one attached hydrogen (secondary N) is 1. The van der Waals surface area contributed by atoms with Crippen LogP contribution in [0.4, 0.5) is 13.2 Å². The quantitative estimate of drug-likeness (QED) is 0.557. The molecule has 1 amide bonds. The van der Waals surface area contributed by atoms with Crippen molar-refractivity contribution in [2.45, 2.75) is 12.6 Å². The number of methoxy groups -OCH3 is 1. The average molecular weight is 385 g/mol. The highest BCUT2D eigenvalue weighted by Gasteiger charge is 2.30. The van der Waals surface area contributed by atoms with E-state index in [9.17, 15) is 22.8 Å². The number of hydrogen-bond donors (Lipinski definition) is 1. The monoisotopic (exact) mass is 385 g/mol. The van der Waals surface area contributed by atoms with E-state index in [0.29, 0.717) is 19.6 Å². The van der Waals surface area contributed by atoms with Gasteiger partial charge in [-0.1, -0.05) is 12.1 Å². The Hall–Kier alpha value is -2.81. The van der Waals surface area contributed by atoms with Crippen molar-refractivity contribution in [3.05, 3.63) is 47.7 Å². The Morgan fingerprint density at radius 3 is 2.67 bits per heavy atom. The number of rotatable bonds is 8. The summed E-state index contributed by atoms with van der Waals surface area (Å²) in [5, 5.41) is 2.54. The van der Waals surface area contributed by atoms with Gasteiger partial charge in [-0.05, 0) is 30.7 Å². The number of furan rings is 1. The lowest BCUT2D eigenvalue weighted by atomic mass is 10.1. The molecule has 0 radical (unpaired) electrons. The molecule has 146 valence electrons. The van der Waals surface area contributed by atoms with E-state index in [1.807, 2.05) is 0 Å². The highest BCUT2D eigenvalue weighted by atomic mass is 19.4. The zero-order valence-corrected chi connectivity index (χ0v) is 14.5. The molecule has 2 aromatic rings. The normalized spacial score (nSPS) is 11.3. The molecule has 0 aliphatic carbocycles. The number of halogens is 3. The maximum absolute atomic E-state index is 12.8. The van der Waals surface area contributed by atoms with E-state index >= 15 is 0 Å². The maximum Gasteiger partial charge on any atom is 0.416 e. The molecule has 2 rings (SSSR count). The van der Waals surface area contributed by atoms with Crippen molar-refractivity contribution < 1.29 is 36.7 Å². The van der Waals surface area contributed by atoms with Crippen LogP contribution in [0.15, 0.2) is 40.8 Å². The molecular formula is C18H18F3NO5. The van der Waals surface area contributed by atoms with Crippen molar-refractivity contribution in [3.63, 3.8) is 0 Å². The summed E-state index contributed by atoms with van der Waals surface area (Å²) < 4.78 is 53.2. The van der Waals surface area contributed by atoms with Crippen LogP contribution in [0.1, 0.15) is 22.5 Å². The number of carbonyl (C=O) groups is 2. The van der Waals surface area contributed by atoms with Crippen molar-refractivity contribution in [3.8, 4) is 11.3 Å². The standard InChI is InChI=1S/C18H18F3NO5/c1-25-9-3-8-22-16(23)11-26-17(24)15-7-6-14(27-15)12-4-2-5-13(10-12)18(19,20)21/h2,4-7,10H,3,8-9,11H2,1H3,(H,22,23). The number of amides is 1. The predicted molar refractivity (Wildman–Crippen MR) is 88.9 cm³/mol. The summed E-state index contributed by atoms with van der Waals surface area (Å²) in [7, 11) is 1.54. The molecule has 0 atom stereocenters. The highest BCUT2D eigenvalue weighted by molar-refractivity contribution is 5.89. The fraction of sp³-hybridized carbons (Fsp3) is 0.333. The molecule has 0 saturated heterocycles. The summed E-state index contributed by atoms with van der Waals surface area (Å²) in [6.07, 6.45) is -3.87. The van der Waals surface area contributed by atoms with Gasteiger partial charge in [-0.3, -0.25) is 4.79 Å². The van der Waals surface area contributed by atoms with Crippen LogP contribution in [0.25, 0.3) is 11.3 Å². The molecule has 0 spiro atoms. The third-order valence-corrected chi connectivity index (χ3v) is 3.46. The lowest BCUT2D eigenvalue weighted by molar-refractivity contribution is -0.137. The number of ether oxygens (including phenoxy) is 2. The highest BCUT2D eigenvalue weighted by Crippen LogP contribution is 2.32. The van der Waals surface area contributed by atoms with Gasteiger partial charge < -0.3 is 19.2 Å². The number of esters is 1. The van der Waals surface area contributed by atoms with E-state index in [1.54, 1.807) is 7.11 Å². The second-order valence-electron chi connectivity index (χ2n) is 5.51. The number of alkyl halides is 3. The number of benzene rings is 1. The second-order valence-corrected chi connectivity index (χ2v) is 5.51. The molecule has 0 aliphatic rings. The second kappa shape index (κ2) is 9.22. The largest absolute Gasteiger partial charge is 0.450 e. The molecule has 1 aromatic heterocycles. The Bertz CT molecular complexity index is 785. The summed E-state index contributed by atoms with van der Waals surface area (Å²) in [5.41, 5.74) is -0.662. The lowest BCUT2D eigenvalue weighted by Crippen LogP contribution is -2.30. The Balaban J connectivity index is 1.93. The summed E-state index contributed by atoms with van der Waals surface area (Å²) in [6.45, 7) is 0.376. The molecular weight excluding hydrogens is 367 g/mol. The van der Waals surface area contributed by atoms with Gasteiger partial charge in [0.25, 0.3) is 5.91 Å². The van der Waals surface area contributed by atoms with Crippen LogP contribution in [0.3, 0.4) is 0 Å². The van der Waals surface area contributed by atoms with Gasteiger partial charge in [-0.2, -0.15) is 13.2 Å². The first-order valence-corrected chi connectivity index (χ1v) is 8.01. The van der Waals surface area contributed by atoms with Crippen LogP contribution in [0.5, 0.6) is 0 Å². The summed E-state index contributed by atoms with van der Waals surface area (Å²) >= 11 is 0. The van der Waals surface area contributed by atoms with E-state index in [4.69, 9.17) is 13.9 Å². The van der Waals surface area contributed by atoms with Crippen LogP contribution in [-0.4, -0.2) is 38.7 Å². The zero-order valence-electron chi connectivity index (χ0n) is 14.5. The summed E-state index contributed by atoms with van der Waals surface area (Å²) in [6, 6.07) is 7.16. The zero-order chi connectivity index (χ0) is 19.9. The van der Waals surface area contributed by atoms with E-state index in [-0.39, 0.29) is 17.1 Å².